The highest BCUT2D eigenvalue weighted by molar-refractivity contribution is 4.89. The predicted molar refractivity (Wildman–Crippen MR) is 118 cm³/mol. The third kappa shape index (κ3) is 12.7. The molecule has 0 saturated carbocycles. The summed E-state index contributed by atoms with van der Waals surface area (Å²) in [6, 6.07) is 0. The van der Waals surface area contributed by atoms with Crippen molar-refractivity contribution in [3.05, 3.63) is 12.2 Å². The van der Waals surface area contributed by atoms with Gasteiger partial charge in [-0.05, 0) is 12.8 Å². The fourth-order valence-electron chi connectivity index (χ4n) is 3.85. The average molecular weight is 415 g/mol. The molecule has 0 unspecified atom stereocenters. The van der Waals surface area contributed by atoms with E-state index in [9.17, 15) is 15.3 Å². The van der Waals surface area contributed by atoms with Crippen molar-refractivity contribution in [2.45, 2.75) is 121 Å². The number of ether oxygens (including phenoxy) is 2. The van der Waals surface area contributed by atoms with Crippen LogP contribution in [0.15, 0.2) is 12.2 Å². The van der Waals surface area contributed by atoms with Crippen molar-refractivity contribution in [2.24, 2.45) is 0 Å². The summed E-state index contributed by atoms with van der Waals surface area (Å²) in [5.74, 6) is 0. The van der Waals surface area contributed by atoms with Crippen molar-refractivity contribution in [2.75, 3.05) is 19.8 Å². The van der Waals surface area contributed by atoms with Crippen LogP contribution in [-0.2, 0) is 9.47 Å². The normalized spacial score (nSPS) is 23.2. The maximum Gasteiger partial charge on any atom is 0.114 e. The Hall–Kier alpha value is -0.460. The third-order valence-corrected chi connectivity index (χ3v) is 5.78. The second-order valence-electron chi connectivity index (χ2n) is 8.41. The van der Waals surface area contributed by atoms with Gasteiger partial charge in [0, 0.05) is 0 Å². The quantitative estimate of drug-likeness (QED) is 0.214. The molecule has 172 valence electrons. The zero-order valence-corrected chi connectivity index (χ0v) is 18.6. The third-order valence-electron chi connectivity index (χ3n) is 5.78. The molecule has 0 aromatic rings. The molecule has 0 radical (unpaired) electrons. The predicted octanol–water partition coefficient (Wildman–Crippen LogP) is 4.52. The molecule has 0 aliphatic carbocycles. The van der Waals surface area contributed by atoms with Crippen LogP contribution in [0.4, 0.5) is 0 Å². The first-order chi connectivity index (χ1) is 14.2. The second-order valence-corrected chi connectivity index (χ2v) is 8.41. The zero-order chi connectivity index (χ0) is 21.2. The molecule has 1 fully saturated rings. The van der Waals surface area contributed by atoms with Crippen molar-refractivity contribution in [3.63, 3.8) is 0 Å². The SMILES string of the molecule is CCCCCCCCCCCCCCC/C=C/CO[C@H](CO)[C@H]1OC[C@H](O)[C@H]1O. The van der Waals surface area contributed by atoms with Crippen LogP contribution in [-0.4, -0.2) is 59.6 Å². The van der Waals surface area contributed by atoms with E-state index in [0.717, 1.165) is 6.42 Å². The zero-order valence-electron chi connectivity index (χ0n) is 18.6. The summed E-state index contributed by atoms with van der Waals surface area (Å²) in [6.07, 6.45) is 19.7. The Bertz CT molecular complexity index is 387. The monoisotopic (exact) mass is 414 g/mol. The Kier molecular flexibility index (Phi) is 16.8. The molecule has 0 amide bonds. The molecular formula is C24H46O5. The minimum Gasteiger partial charge on any atom is -0.394 e. The smallest absolute Gasteiger partial charge is 0.114 e. The van der Waals surface area contributed by atoms with Gasteiger partial charge < -0.3 is 24.8 Å². The highest BCUT2D eigenvalue weighted by Gasteiger charge is 2.40. The summed E-state index contributed by atoms with van der Waals surface area (Å²) in [4.78, 5) is 0. The Labute approximate surface area is 178 Å². The molecule has 1 saturated heterocycles. The van der Waals surface area contributed by atoms with Crippen LogP contribution in [0, 0.1) is 0 Å². The van der Waals surface area contributed by atoms with Gasteiger partial charge in [0.15, 0.2) is 0 Å². The summed E-state index contributed by atoms with van der Waals surface area (Å²) in [5, 5.41) is 28.7. The fraction of sp³-hybridized carbons (Fsp3) is 0.917. The van der Waals surface area contributed by atoms with E-state index in [1.807, 2.05) is 6.08 Å². The highest BCUT2D eigenvalue weighted by Crippen LogP contribution is 2.19. The van der Waals surface area contributed by atoms with Gasteiger partial charge in [0.25, 0.3) is 0 Å². The molecule has 3 N–H and O–H groups in total. The summed E-state index contributed by atoms with van der Waals surface area (Å²) in [7, 11) is 0. The lowest BCUT2D eigenvalue weighted by molar-refractivity contribution is -0.0942. The number of hydrogen-bond donors (Lipinski definition) is 3. The number of aliphatic hydroxyl groups is 3. The van der Waals surface area contributed by atoms with Crippen molar-refractivity contribution < 1.29 is 24.8 Å². The van der Waals surface area contributed by atoms with E-state index in [1.54, 1.807) is 0 Å². The molecule has 0 aromatic heterocycles. The van der Waals surface area contributed by atoms with Crippen LogP contribution in [0.1, 0.15) is 96.8 Å². The van der Waals surface area contributed by atoms with Gasteiger partial charge in [0.1, 0.15) is 24.4 Å². The maximum atomic E-state index is 9.82. The van der Waals surface area contributed by atoms with Crippen molar-refractivity contribution in [3.8, 4) is 0 Å². The molecule has 1 heterocycles. The lowest BCUT2D eigenvalue weighted by Gasteiger charge is -2.23. The van der Waals surface area contributed by atoms with Crippen molar-refractivity contribution >= 4 is 0 Å². The summed E-state index contributed by atoms with van der Waals surface area (Å²) >= 11 is 0. The first-order valence-corrected chi connectivity index (χ1v) is 12.1. The van der Waals surface area contributed by atoms with Crippen LogP contribution in [0.2, 0.25) is 0 Å². The number of rotatable bonds is 19. The lowest BCUT2D eigenvalue weighted by Crippen LogP contribution is -2.42. The molecule has 5 nitrogen and oxygen atoms in total. The largest absolute Gasteiger partial charge is 0.394 e. The molecule has 1 aliphatic heterocycles. The van der Waals surface area contributed by atoms with E-state index in [0.29, 0.717) is 6.61 Å². The Morgan fingerprint density at radius 2 is 1.41 bits per heavy atom. The molecule has 1 aliphatic rings. The number of aliphatic hydroxyl groups excluding tert-OH is 3. The minimum absolute atomic E-state index is 0.0839. The molecule has 4 atom stereocenters. The molecule has 1 rings (SSSR count). The number of allylic oxidation sites excluding steroid dienone is 1. The molecular weight excluding hydrogens is 368 g/mol. The summed E-state index contributed by atoms with van der Waals surface area (Å²) < 4.78 is 10.9. The van der Waals surface area contributed by atoms with Gasteiger partial charge >= 0.3 is 0 Å². The summed E-state index contributed by atoms with van der Waals surface area (Å²) in [6.45, 7) is 2.50. The van der Waals surface area contributed by atoms with E-state index < -0.39 is 24.4 Å². The first kappa shape index (κ1) is 26.6. The molecule has 0 aromatic carbocycles. The highest BCUT2D eigenvalue weighted by atomic mass is 16.6. The maximum absolute atomic E-state index is 9.82. The topological polar surface area (TPSA) is 79.2 Å². The molecule has 0 spiro atoms. The average Bonchev–Trinajstić information content (AvgIpc) is 3.06. The second kappa shape index (κ2) is 18.3. The molecule has 5 heteroatoms. The number of hydrogen-bond acceptors (Lipinski definition) is 5. The van der Waals surface area contributed by atoms with Gasteiger partial charge in [-0.15, -0.1) is 0 Å². The first-order valence-electron chi connectivity index (χ1n) is 12.1. The van der Waals surface area contributed by atoms with Gasteiger partial charge in [-0.3, -0.25) is 0 Å². The van der Waals surface area contributed by atoms with Crippen LogP contribution < -0.4 is 0 Å². The van der Waals surface area contributed by atoms with Crippen LogP contribution >= 0.6 is 0 Å². The Morgan fingerprint density at radius 3 is 1.90 bits per heavy atom. The van der Waals surface area contributed by atoms with Gasteiger partial charge in [0.2, 0.25) is 0 Å². The Balaban J connectivity index is 1.87. The van der Waals surface area contributed by atoms with Gasteiger partial charge in [0.05, 0.1) is 19.8 Å². The van der Waals surface area contributed by atoms with Crippen molar-refractivity contribution in [1.82, 2.24) is 0 Å². The van der Waals surface area contributed by atoms with Crippen LogP contribution in [0.5, 0.6) is 0 Å². The van der Waals surface area contributed by atoms with Gasteiger partial charge in [-0.25, -0.2) is 0 Å². The number of unbranched alkanes of at least 4 members (excludes halogenated alkanes) is 13. The van der Waals surface area contributed by atoms with Crippen LogP contribution in [0.25, 0.3) is 0 Å². The van der Waals surface area contributed by atoms with Crippen LogP contribution in [0.3, 0.4) is 0 Å². The van der Waals surface area contributed by atoms with E-state index >= 15 is 0 Å². The summed E-state index contributed by atoms with van der Waals surface area (Å²) in [5.41, 5.74) is 0. The minimum atomic E-state index is -0.998. The van der Waals surface area contributed by atoms with E-state index in [1.165, 1.54) is 83.5 Å². The molecule has 0 bridgehead atoms. The van der Waals surface area contributed by atoms with Gasteiger partial charge in [-0.2, -0.15) is 0 Å². The fourth-order valence-corrected chi connectivity index (χ4v) is 3.85. The van der Waals surface area contributed by atoms with Gasteiger partial charge in [-0.1, -0.05) is 96.1 Å². The van der Waals surface area contributed by atoms with E-state index in [4.69, 9.17) is 9.47 Å². The van der Waals surface area contributed by atoms with Crippen molar-refractivity contribution in [1.29, 1.82) is 0 Å². The molecule has 29 heavy (non-hydrogen) atoms. The van der Waals surface area contributed by atoms with E-state index in [2.05, 4.69) is 13.0 Å². The standard InChI is InChI=1S/C24H46O5/c1-2-3-4-5-6-7-8-9-10-11-12-13-14-15-16-17-18-28-22(19-25)24-23(27)21(26)20-29-24/h16-17,21-27H,2-15,18-20H2,1H3/b17-16+/t21-,22+,23+,24+/m0/s1. The Morgan fingerprint density at radius 1 is 0.862 bits per heavy atom. The van der Waals surface area contributed by atoms with E-state index in [-0.39, 0.29) is 13.2 Å². The lowest BCUT2D eigenvalue weighted by atomic mass is 10.0.